The predicted octanol–water partition coefficient (Wildman–Crippen LogP) is 1.63. The molecule has 1 aromatic carbocycles. The van der Waals surface area contributed by atoms with Gasteiger partial charge in [0, 0.05) is 31.6 Å². The zero-order valence-corrected chi connectivity index (χ0v) is 18.0. The normalized spacial score (nSPS) is 24.2. The van der Waals surface area contributed by atoms with Gasteiger partial charge in [0.05, 0.1) is 12.0 Å². The molecule has 1 amide bonds. The number of carbonyl (C=O) groups excluding carboxylic acids is 1. The minimum Gasteiger partial charge on any atom is -0.497 e. The molecule has 28 heavy (non-hydrogen) atoms. The number of methoxy groups -OCH3 is 1. The molecule has 2 unspecified atom stereocenters. The number of hydrogen-bond donors (Lipinski definition) is 2. The molecule has 7 nitrogen and oxygen atoms in total. The minimum absolute atomic E-state index is 0. The van der Waals surface area contributed by atoms with Crippen molar-refractivity contribution in [1.82, 2.24) is 14.9 Å². The Morgan fingerprint density at radius 2 is 1.82 bits per heavy atom. The fourth-order valence-electron chi connectivity index (χ4n) is 3.74. The standard InChI is InChI=1S/C19H29N3O4S.ClH/c1-14-7-10-20-13-18(14)21-19(23)15-8-11-22(12-9-15)27(24,25)17-5-3-16(26-2)4-6-17;/h3-6,14-15,18,20H,7-13H2,1-2H3,(H,21,23);1H. The molecule has 1 aromatic rings. The largest absolute Gasteiger partial charge is 0.497 e. The molecule has 2 aliphatic heterocycles. The maximum absolute atomic E-state index is 12.8. The Kier molecular flexibility index (Phi) is 8.12. The number of carbonyl (C=O) groups is 1. The summed E-state index contributed by atoms with van der Waals surface area (Å²) in [5.74, 6) is 1.01. The lowest BCUT2D eigenvalue weighted by Crippen LogP contribution is -2.52. The van der Waals surface area contributed by atoms with Crippen molar-refractivity contribution in [3.8, 4) is 5.75 Å². The molecule has 2 heterocycles. The Balaban J connectivity index is 0.00000280. The Morgan fingerprint density at radius 1 is 1.18 bits per heavy atom. The van der Waals surface area contributed by atoms with Crippen LogP contribution in [0.15, 0.2) is 29.2 Å². The fraction of sp³-hybridized carbons (Fsp3) is 0.632. The van der Waals surface area contributed by atoms with Crippen LogP contribution in [0, 0.1) is 11.8 Å². The van der Waals surface area contributed by atoms with Crippen molar-refractivity contribution in [1.29, 1.82) is 0 Å². The van der Waals surface area contributed by atoms with Crippen LogP contribution in [-0.2, 0) is 14.8 Å². The lowest BCUT2D eigenvalue weighted by Gasteiger charge is -2.34. The summed E-state index contributed by atoms with van der Waals surface area (Å²) in [6.07, 6.45) is 2.16. The number of amides is 1. The quantitative estimate of drug-likeness (QED) is 0.739. The number of sulfonamides is 1. The van der Waals surface area contributed by atoms with Crippen LogP contribution in [0.25, 0.3) is 0 Å². The zero-order valence-electron chi connectivity index (χ0n) is 16.4. The second-order valence-corrected chi connectivity index (χ2v) is 9.38. The van der Waals surface area contributed by atoms with E-state index in [-0.39, 0.29) is 35.2 Å². The first kappa shape index (κ1) is 22.9. The number of halogens is 1. The third-order valence-electron chi connectivity index (χ3n) is 5.68. The average Bonchev–Trinajstić information content (AvgIpc) is 2.70. The molecule has 9 heteroatoms. The highest BCUT2D eigenvalue weighted by Gasteiger charge is 2.33. The van der Waals surface area contributed by atoms with E-state index < -0.39 is 10.0 Å². The highest BCUT2D eigenvalue weighted by Crippen LogP contribution is 2.25. The summed E-state index contributed by atoms with van der Waals surface area (Å²) >= 11 is 0. The summed E-state index contributed by atoms with van der Waals surface area (Å²) in [5, 5.41) is 6.47. The van der Waals surface area contributed by atoms with Crippen LogP contribution >= 0.6 is 12.4 Å². The van der Waals surface area contributed by atoms with Crippen molar-refractivity contribution >= 4 is 28.3 Å². The van der Waals surface area contributed by atoms with Crippen LogP contribution in [0.4, 0.5) is 0 Å². The topological polar surface area (TPSA) is 87.7 Å². The third kappa shape index (κ3) is 5.17. The maximum Gasteiger partial charge on any atom is 0.243 e. The van der Waals surface area contributed by atoms with Gasteiger partial charge in [-0.1, -0.05) is 6.92 Å². The van der Waals surface area contributed by atoms with Crippen molar-refractivity contribution in [2.24, 2.45) is 11.8 Å². The van der Waals surface area contributed by atoms with Crippen molar-refractivity contribution < 1.29 is 17.9 Å². The number of nitrogens with one attached hydrogen (secondary N) is 2. The van der Waals surface area contributed by atoms with Gasteiger partial charge in [-0.2, -0.15) is 4.31 Å². The molecule has 0 aliphatic carbocycles. The fourth-order valence-corrected chi connectivity index (χ4v) is 5.21. The zero-order chi connectivity index (χ0) is 19.4. The van der Waals surface area contributed by atoms with Crippen LogP contribution < -0.4 is 15.4 Å². The Bertz CT molecular complexity index is 749. The SMILES string of the molecule is COc1ccc(S(=O)(=O)N2CCC(C(=O)NC3CNCCC3C)CC2)cc1.Cl. The molecule has 0 bridgehead atoms. The Hall–Kier alpha value is -1.35. The molecule has 0 aromatic heterocycles. The highest BCUT2D eigenvalue weighted by molar-refractivity contribution is 7.89. The third-order valence-corrected chi connectivity index (χ3v) is 7.59. The van der Waals surface area contributed by atoms with Crippen LogP contribution in [0.3, 0.4) is 0 Å². The number of nitrogens with zero attached hydrogens (tertiary/aromatic N) is 1. The summed E-state index contributed by atoms with van der Waals surface area (Å²) in [5.41, 5.74) is 0. The maximum atomic E-state index is 12.8. The molecule has 2 fully saturated rings. The highest BCUT2D eigenvalue weighted by atomic mass is 35.5. The van der Waals surface area contributed by atoms with Crippen LogP contribution in [-0.4, -0.2) is 58.0 Å². The van der Waals surface area contributed by atoms with E-state index in [0.717, 1.165) is 19.5 Å². The van der Waals surface area contributed by atoms with E-state index in [0.29, 0.717) is 37.6 Å². The van der Waals surface area contributed by atoms with Crippen molar-refractivity contribution in [2.45, 2.75) is 37.1 Å². The molecule has 0 saturated carbocycles. The van der Waals surface area contributed by atoms with E-state index in [1.807, 2.05) is 0 Å². The first-order valence-electron chi connectivity index (χ1n) is 9.57. The molecule has 3 rings (SSSR count). The predicted molar refractivity (Wildman–Crippen MR) is 110 cm³/mol. The van der Waals surface area contributed by atoms with Gasteiger partial charge in [-0.3, -0.25) is 4.79 Å². The Labute approximate surface area is 173 Å². The van der Waals surface area contributed by atoms with Crippen LogP contribution in [0.5, 0.6) is 5.75 Å². The average molecular weight is 432 g/mol. The monoisotopic (exact) mass is 431 g/mol. The number of ether oxygens (including phenoxy) is 1. The summed E-state index contributed by atoms with van der Waals surface area (Å²) in [6, 6.07) is 6.57. The van der Waals surface area contributed by atoms with Crippen molar-refractivity contribution in [2.75, 3.05) is 33.3 Å². The van der Waals surface area contributed by atoms with Gasteiger partial charge in [-0.15, -0.1) is 12.4 Å². The van der Waals surface area contributed by atoms with Crippen molar-refractivity contribution in [3.63, 3.8) is 0 Å². The molecule has 2 aliphatic rings. The van der Waals surface area contributed by atoms with Crippen LogP contribution in [0.2, 0.25) is 0 Å². The van der Waals surface area contributed by atoms with E-state index >= 15 is 0 Å². The molecule has 2 atom stereocenters. The van der Waals surface area contributed by atoms with Gasteiger partial charge in [0.25, 0.3) is 0 Å². The second kappa shape index (κ2) is 9.91. The van der Waals surface area contributed by atoms with Gasteiger partial charge in [0.1, 0.15) is 5.75 Å². The smallest absolute Gasteiger partial charge is 0.243 e. The van der Waals surface area contributed by atoms with E-state index in [1.54, 1.807) is 31.4 Å². The summed E-state index contributed by atoms with van der Waals surface area (Å²) in [6.45, 7) is 4.69. The van der Waals surface area contributed by atoms with Gasteiger partial charge < -0.3 is 15.4 Å². The first-order chi connectivity index (χ1) is 12.9. The van der Waals surface area contributed by atoms with E-state index in [1.165, 1.54) is 4.31 Å². The van der Waals surface area contributed by atoms with Crippen LogP contribution in [0.1, 0.15) is 26.2 Å². The van der Waals surface area contributed by atoms with Gasteiger partial charge in [0.2, 0.25) is 15.9 Å². The molecule has 158 valence electrons. The molecule has 0 spiro atoms. The molecule has 2 saturated heterocycles. The Morgan fingerprint density at radius 3 is 2.39 bits per heavy atom. The van der Waals surface area contributed by atoms with E-state index in [4.69, 9.17) is 4.74 Å². The summed E-state index contributed by atoms with van der Waals surface area (Å²) in [7, 11) is -1.99. The van der Waals surface area contributed by atoms with Crippen molar-refractivity contribution in [3.05, 3.63) is 24.3 Å². The minimum atomic E-state index is -3.54. The van der Waals surface area contributed by atoms with E-state index in [9.17, 15) is 13.2 Å². The second-order valence-electron chi connectivity index (χ2n) is 7.44. The van der Waals surface area contributed by atoms with Gasteiger partial charge in [0.15, 0.2) is 0 Å². The molecule has 0 radical (unpaired) electrons. The number of benzene rings is 1. The number of rotatable bonds is 5. The summed E-state index contributed by atoms with van der Waals surface area (Å²) in [4.78, 5) is 12.8. The number of hydrogen-bond acceptors (Lipinski definition) is 5. The summed E-state index contributed by atoms with van der Waals surface area (Å²) < 4.78 is 32.2. The van der Waals surface area contributed by atoms with E-state index in [2.05, 4.69) is 17.6 Å². The molecule has 2 N–H and O–H groups in total. The number of piperidine rings is 2. The molecular weight excluding hydrogens is 402 g/mol. The van der Waals surface area contributed by atoms with Gasteiger partial charge >= 0.3 is 0 Å². The first-order valence-corrected chi connectivity index (χ1v) is 11.0. The lowest BCUT2D eigenvalue weighted by atomic mass is 9.92. The van der Waals surface area contributed by atoms with Gasteiger partial charge in [-0.25, -0.2) is 8.42 Å². The molecular formula is C19H30ClN3O4S. The van der Waals surface area contributed by atoms with Gasteiger partial charge in [-0.05, 0) is 56.0 Å². The lowest BCUT2D eigenvalue weighted by molar-refractivity contribution is -0.127.